The SMILES string of the molecule is CCc1nn(C)c(N(CC)CC)c1N. The van der Waals surface area contributed by atoms with Crippen LogP contribution in [0.1, 0.15) is 26.5 Å². The minimum absolute atomic E-state index is 0.832. The van der Waals surface area contributed by atoms with Crippen molar-refractivity contribution in [2.75, 3.05) is 23.7 Å². The summed E-state index contributed by atoms with van der Waals surface area (Å²) in [5.41, 5.74) is 7.87. The quantitative estimate of drug-likeness (QED) is 0.792. The Labute approximate surface area is 85.7 Å². The first kappa shape index (κ1) is 10.9. The molecule has 0 saturated carbocycles. The van der Waals surface area contributed by atoms with E-state index >= 15 is 0 Å². The van der Waals surface area contributed by atoms with Crippen LogP contribution in [0, 0.1) is 0 Å². The molecular formula is C10H20N4. The van der Waals surface area contributed by atoms with Gasteiger partial charge in [-0.25, -0.2) is 0 Å². The summed E-state index contributed by atoms with van der Waals surface area (Å²) in [6.45, 7) is 8.25. The number of hydrogen-bond acceptors (Lipinski definition) is 3. The van der Waals surface area contributed by atoms with E-state index in [2.05, 4.69) is 30.8 Å². The van der Waals surface area contributed by atoms with E-state index in [4.69, 9.17) is 5.73 Å². The standard InChI is InChI=1S/C10H20N4/c1-5-8-9(11)10(13(4)12-8)14(6-2)7-3/h5-7,11H2,1-4H3. The molecule has 0 saturated heterocycles. The molecule has 0 radical (unpaired) electrons. The van der Waals surface area contributed by atoms with Crippen LogP contribution in [0.3, 0.4) is 0 Å². The van der Waals surface area contributed by atoms with Gasteiger partial charge in [0.1, 0.15) is 5.82 Å². The van der Waals surface area contributed by atoms with E-state index in [1.165, 1.54) is 0 Å². The van der Waals surface area contributed by atoms with Crippen molar-refractivity contribution in [1.29, 1.82) is 0 Å². The third-order valence-corrected chi connectivity index (χ3v) is 2.53. The topological polar surface area (TPSA) is 47.1 Å². The van der Waals surface area contributed by atoms with Gasteiger partial charge in [-0.05, 0) is 20.3 Å². The van der Waals surface area contributed by atoms with Crippen molar-refractivity contribution >= 4 is 11.5 Å². The Morgan fingerprint density at radius 3 is 2.21 bits per heavy atom. The summed E-state index contributed by atoms with van der Waals surface area (Å²) in [5.74, 6) is 1.05. The van der Waals surface area contributed by atoms with Gasteiger partial charge in [-0.2, -0.15) is 5.10 Å². The molecule has 2 N–H and O–H groups in total. The normalized spacial score (nSPS) is 10.6. The van der Waals surface area contributed by atoms with Gasteiger partial charge >= 0.3 is 0 Å². The van der Waals surface area contributed by atoms with Crippen molar-refractivity contribution in [3.8, 4) is 0 Å². The Morgan fingerprint density at radius 2 is 1.86 bits per heavy atom. The number of nitrogen functional groups attached to an aromatic ring is 1. The second-order valence-electron chi connectivity index (χ2n) is 3.33. The van der Waals surface area contributed by atoms with Gasteiger partial charge in [0.2, 0.25) is 0 Å². The molecule has 0 bridgehead atoms. The fourth-order valence-electron chi connectivity index (χ4n) is 1.74. The molecule has 1 aromatic heterocycles. The van der Waals surface area contributed by atoms with E-state index < -0.39 is 0 Å². The zero-order valence-electron chi connectivity index (χ0n) is 9.54. The van der Waals surface area contributed by atoms with Gasteiger partial charge in [-0.1, -0.05) is 6.92 Å². The molecule has 14 heavy (non-hydrogen) atoms. The molecular weight excluding hydrogens is 176 g/mol. The number of hydrogen-bond donors (Lipinski definition) is 1. The minimum atomic E-state index is 0.832. The predicted molar refractivity (Wildman–Crippen MR) is 60.6 cm³/mol. The molecule has 4 nitrogen and oxygen atoms in total. The summed E-state index contributed by atoms with van der Waals surface area (Å²) in [5, 5.41) is 4.40. The smallest absolute Gasteiger partial charge is 0.150 e. The molecule has 1 heterocycles. The maximum atomic E-state index is 6.04. The van der Waals surface area contributed by atoms with E-state index in [0.717, 1.165) is 36.7 Å². The predicted octanol–water partition coefficient (Wildman–Crippen LogP) is 1.41. The van der Waals surface area contributed by atoms with Gasteiger partial charge in [0.05, 0.1) is 11.4 Å². The van der Waals surface area contributed by atoms with Crippen molar-refractivity contribution in [2.24, 2.45) is 7.05 Å². The molecule has 0 fully saturated rings. The Morgan fingerprint density at radius 1 is 1.29 bits per heavy atom. The maximum absolute atomic E-state index is 6.04. The summed E-state index contributed by atoms with van der Waals surface area (Å²) in [4.78, 5) is 2.22. The van der Waals surface area contributed by atoms with Gasteiger partial charge < -0.3 is 10.6 Å². The first-order valence-electron chi connectivity index (χ1n) is 5.21. The van der Waals surface area contributed by atoms with Crippen molar-refractivity contribution in [1.82, 2.24) is 9.78 Å². The Kier molecular flexibility index (Phi) is 3.38. The summed E-state index contributed by atoms with van der Waals surface area (Å²) < 4.78 is 1.88. The molecule has 0 aromatic carbocycles. The van der Waals surface area contributed by atoms with Crippen LogP contribution in [0.2, 0.25) is 0 Å². The average Bonchev–Trinajstić information content (AvgIpc) is 2.46. The lowest BCUT2D eigenvalue weighted by Gasteiger charge is -2.21. The van der Waals surface area contributed by atoms with Gasteiger partial charge in [0.25, 0.3) is 0 Å². The monoisotopic (exact) mass is 196 g/mol. The van der Waals surface area contributed by atoms with Crippen molar-refractivity contribution < 1.29 is 0 Å². The van der Waals surface area contributed by atoms with E-state index in [0.29, 0.717) is 0 Å². The van der Waals surface area contributed by atoms with E-state index in [-0.39, 0.29) is 0 Å². The maximum Gasteiger partial charge on any atom is 0.150 e. The second kappa shape index (κ2) is 4.35. The molecule has 0 aliphatic rings. The van der Waals surface area contributed by atoms with Crippen molar-refractivity contribution in [3.05, 3.63) is 5.69 Å². The summed E-state index contributed by atoms with van der Waals surface area (Å²) in [6.07, 6.45) is 0.890. The van der Waals surface area contributed by atoms with Crippen molar-refractivity contribution in [2.45, 2.75) is 27.2 Å². The molecule has 0 aliphatic carbocycles. The van der Waals surface area contributed by atoms with E-state index in [1.807, 2.05) is 11.7 Å². The lowest BCUT2D eigenvalue weighted by molar-refractivity contribution is 0.710. The zero-order chi connectivity index (χ0) is 10.7. The van der Waals surface area contributed by atoms with E-state index in [9.17, 15) is 0 Å². The number of aryl methyl sites for hydroxylation is 2. The van der Waals surface area contributed by atoms with Crippen LogP contribution >= 0.6 is 0 Å². The van der Waals surface area contributed by atoms with E-state index in [1.54, 1.807) is 0 Å². The highest BCUT2D eigenvalue weighted by atomic mass is 15.4. The van der Waals surface area contributed by atoms with Crippen LogP contribution < -0.4 is 10.6 Å². The first-order valence-corrected chi connectivity index (χ1v) is 5.21. The van der Waals surface area contributed by atoms with Crippen LogP contribution in [-0.4, -0.2) is 22.9 Å². The molecule has 0 atom stereocenters. The minimum Gasteiger partial charge on any atom is -0.394 e. The highest BCUT2D eigenvalue weighted by Crippen LogP contribution is 2.25. The molecule has 1 rings (SSSR count). The summed E-state index contributed by atoms with van der Waals surface area (Å²) in [7, 11) is 1.95. The Balaban J connectivity index is 3.12. The summed E-state index contributed by atoms with van der Waals surface area (Å²) in [6, 6.07) is 0. The fourth-order valence-corrected chi connectivity index (χ4v) is 1.74. The zero-order valence-corrected chi connectivity index (χ0v) is 9.54. The van der Waals surface area contributed by atoms with Crippen LogP contribution in [0.25, 0.3) is 0 Å². The Hall–Kier alpha value is -1.19. The van der Waals surface area contributed by atoms with Gasteiger partial charge in [0, 0.05) is 20.1 Å². The average molecular weight is 196 g/mol. The lowest BCUT2D eigenvalue weighted by atomic mass is 10.3. The van der Waals surface area contributed by atoms with Crippen LogP contribution in [-0.2, 0) is 13.5 Å². The molecule has 0 unspecified atom stereocenters. The molecule has 4 heteroatoms. The van der Waals surface area contributed by atoms with Crippen molar-refractivity contribution in [3.63, 3.8) is 0 Å². The highest BCUT2D eigenvalue weighted by molar-refractivity contribution is 5.66. The highest BCUT2D eigenvalue weighted by Gasteiger charge is 2.15. The largest absolute Gasteiger partial charge is 0.394 e. The third-order valence-electron chi connectivity index (χ3n) is 2.53. The van der Waals surface area contributed by atoms with Gasteiger partial charge in [-0.3, -0.25) is 4.68 Å². The Bertz CT molecular complexity index is 299. The number of nitrogens with zero attached hydrogens (tertiary/aromatic N) is 3. The molecule has 80 valence electrons. The molecule has 0 spiro atoms. The van der Waals surface area contributed by atoms with Crippen LogP contribution in [0.15, 0.2) is 0 Å². The van der Waals surface area contributed by atoms with Gasteiger partial charge in [-0.15, -0.1) is 0 Å². The molecule has 0 amide bonds. The summed E-state index contributed by atoms with van der Waals surface area (Å²) >= 11 is 0. The second-order valence-corrected chi connectivity index (χ2v) is 3.33. The van der Waals surface area contributed by atoms with Crippen LogP contribution in [0.4, 0.5) is 11.5 Å². The number of nitrogens with two attached hydrogens (primary N) is 1. The third kappa shape index (κ3) is 1.69. The first-order chi connectivity index (χ1) is 6.65. The number of anilines is 2. The number of rotatable bonds is 4. The van der Waals surface area contributed by atoms with Gasteiger partial charge in [0.15, 0.2) is 0 Å². The van der Waals surface area contributed by atoms with Crippen LogP contribution in [0.5, 0.6) is 0 Å². The lowest BCUT2D eigenvalue weighted by Crippen LogP contribution is -2.25. The molecule has 0 aliphatic heterocycles. The number of aromatic nitrogens is 2. The fraction of sp³-hybridized carbons (Fsp3) is 0.700. The molecule has 1 aromatic rings.